The molecule has 0 radical (unpaired) electrons. The molecule has 0 N–H and O–H groups in total. The highest BCUT2D eigenvalue weighted by Crippen LogP contribution is 2.39. The van der Waals surface area contributed by atoms with Crippen LogP contribution in [0.1, 0.15) is 42.2 Å². The van der Waals surface area contributed by atoms with Crippen LogP contribution in [-0.2, 0) is 4.74 Å². The van der Waals surface area contributed by atoms with Gasteiger partial charge in [0, 0.05) is 6.20 Å². The molecule has 80 valence electrons. The van der Waals surface area contributed by atoms with Crippen molar-refractivity contribution >= 4 is 6.29 Å². The summed E-state index contributed by atoms with van der Waals surface area (Å²) >= 11 is 0. The van der Waals surface area contributed by atoms with Crippen molar-refractivity contribution in [3.8, 4) is 0 Å². The van der Waals surface area contributed by atoms with Crippen molar-refractivity contribution in [1.82, 2.24) is 4.57 Å². The Balaban J connectivity index is 1.90. The lowest BCUT2D eigenvalue weighted by Crippen LogP contribution is -2.30. The second-order valence-electron chi connectivity index (χ2n) is 4.48. The minimum absolute atomic E-state index is 0.329. The highest BCUT2D eigenvalue weighted by Gasteiger charge is 2.37. The van der Waals surface area contributed by atoms with E-state index in [1.807, 2.05) is 18.3 Å². The largest absolute Gasteiger partial charge is 0.373 e. The quantitative estimate of drug-likeness (QED) is 0.693. The van der Waals surface area contributed by atoms with Crippen LogP contribution in [0.25, 0.3) is 0 Å². The van der Waals surface area contributed by atoms with Crippen molar-refractivity contribution in [3.05, 3.63) is 24.0 Å². The van der Waals surface area contributed by atoms with E-state index >= 15 is 0 Å². The van der Waals surface area contributed by atoms with Crippen LogP contribution in [0.3, 0.4) is 0 Å². The van der Waals surface area contributed by atoms with E-state index in [0.29, 0.717) is 18.2 Å². The van der Waals surface area contributed by atoms with Crippen LogP contribution in [0.5, 0.6) is 0 Å². The Morgan fingerprint density at radius 3 is 3.07 bits per heavy atom. The lowest BCUT2D eigenvalue weighted by Gasteiger charge is -2.31. The van der Waals surface area contributed by atoms with Gasteiger partial charge in [-0.25, -0.2) is 0 Å². The van der Waals surface area contributed by atoms with E-state index in [4.69, 9.17) is 4.74 Å². The molecule has 0 amide bonds. The van der Waals surface area contributed by atoms with E-state index in [2.05, 4.69) is 4.57 Å². The minimum Gasteiger partial charge on any atom is -0.373 e. The summed E-state index contributed by atoms with van der Waals surface area (Å²) in [5, 5.41) is 0. The standard InChI is InChI=1S/C12H15NO2/c14-8-9-2-1-7-13(9)11-5-3-10-4-6-12(11)15-10/h1-2,7-8,10-12H,3-6H2. The minimum atomic E-state index is 0.329. The first-order valence-electron chi connectivity index (χ1n) is 5.66. The van der Waals surface area contributed by atoms with Crippen molar-refractivity contribution in [2.24, 2.45) is 0 Å². The molecule has 2 aliphatic heterocycles. The van der Waals surface area contributed by atoms with Crippen LogP contribution in [0.2, 0.25) is 0 Å². The van der Waals surface area contributed by atoms with Crippen LogP contribution in [0.4, 0.5) is 0 Å². The Bertz CT molecular complexity index is 371. The van der Waals surface area contributed by atoms with Gasteiger partial charge in [-0.15, -0.1) is 0 Å². The maximum Gasteiger partial charge on any atom is 0.166 e. The molecule has 3 heteroatoms. The Morgan fingerprint density at radius 2 is 2.20 bits per heavy atom. The zero-order valence-electron chi connectivity index (χ0n) is 8.63. The molecule has 3 heterocycles. The van der Waals surface area contributed by atoms with Crippen LogP contribution in [0.15, 0.2) is 18.3 Å². The van der Waals surface area contributed by atoms with Gasteiger partial charge in [0.2, 0.25) is 0 Å². The first-order valence-corrected chi connectivity index (χ1v) is 5.66. The third kappa shape index (κ3) is 1.42. The zero-order valence-corrected chi connectivity index (χ0v) is 8.63. The van der Waals surface area contributed by atoms with E-state index in [1.54, 1.807) is 0 Å². The first-order chi connectivity index (χ1) is 7.38. The normalized spacial score (nSPS) is 34.3. The molecule has 0 saturated carbocycles. The number of aldehydes is 1. The number of ether oxygens (including phenoxy) is 1. The third-order valence-electron chi connectivity index (χ3n) is 3.64. The molecule has 2 aliphatic rings. The van der Waals surface area contributed by atoms with Gasteiger partial charge in [-0.3, -0.25) is 4.79 Å². The predicted molar refractivity (Wildman–Crippen MR) is 56.0 cm³/mol. The molecule has 0 aromatic carbocycles. The highest BCUT2D eigenvalue weighted by molar-refractivity contribution is 5.72. The van der Waals surface area contributed by atoms with Gasteiger partial charge in [-0.2, -0.15) is 0 Å². The summed E-state index contributed by atoms with van der Waals surface area (Å²) in [6, 6.07) is 4.18. The van der Waals surface area contributed by atoms with Gasteiger partial charge in [-0.05, 0) is 37.8 Å². The van der Waals surface area contributed by atoms with Crippen LogP contribution in [0, 0.1) is 0 Å². The van der Waals surface area contributed by atoms with Gasteiger partial charge in [0.15, 0.2) is 6.29 Å². The summed E-state index contributed by atoms with van der Waals surface area (Å²) in [5.41, 5.74) is 0.772. The van der Waals surface area contributed by atoms with Gasteiger partial charge in [0.25, 0.3) is 0 Å². The molecule has 3 unspecified atom stereocenters. The fraction of sp³-hybridized carbons (Fsp3) is 0.583. The van der Waals surface area contributed by atoms with E-state index < -0.39 is 0 Å². The van der Waals surface area contributed by atoms with Crippen molar-refractivity contribution in [1.29, 1.82) is 0 Å². The number of carbonyl (C=O) groups is 1. The molecule has 0 spiro atoms. The molecule has 1 aromatic rings. The molecule has 3 nitrogen and oxygen atoms in total. The van der Waals surface area contributed by atoms with Crippen molar-refractivity contribution in [2.45, 2.75) is 43.9 Å². The zero-order chi connectivity index (χ0) is 10.3. The Kier molecular flexibility index (Phi) is 2.13. The summed E-state index contributed by atoms with van der Waals surface area (Å²) in [5.74, 6) is 0. The molecule has 15 heavy (non-hydrogen) atoms. The van der Waals surface area contributed by atoms with Gasteiger partial charge >= 0.3 is 0 Å². The number of carbonyl (C=O) groups excluding carboxylic acids is 1. The van der Waals surface area contributed by atoms with Crippen LogP contribution >= 0.6 is 0 Å². The average molecular weight is 205 g/mol. The SMILES string of the molecule is O=Cc1cccn1C1CCC2CCC1O2. The maximum atomic E-state index is 10.9. The van der Waals surface area contributed by atoms with E-state index in [1.165, 1.54) is 6.42 Å². The van der Waals surface area contributed by atoms with E-state index in [-0.39, 0.29) is 0 Å². The number of hydrogen-bond donors (Lipinski definition) is 0. The fourth-order valence-electron chi connectivity index (χ4n) is 2.90. The first kappa shape index (κ1) is 9.16. The van der Waals surface area contributed by atoms with Crippen LogP contribution in [-0.4, -0.2) is 23.1 Å². The number of nitrogens with zero attached hydrogens (tertiary/aromatic N) is 1. The highest BCUT2D eigenvalue weighted by atomic mass is 16.5. The topological polar surface area (TPSA) is 31.2 Å². The third-order valence-corrected chi connectivity index (χ3v) is 3.64. The summed E-state index contributed by atoms with van der Waals surface area (Å²) in [7, 11) is 0. The molecule has 1 aromatic heterocycles. The number of aromatic nitrogens is 1. The Morgan fingerprint density at radius 1 is 1.33 bits per heavy atom. The Hall–Kier alpha value is -1.09. The van der Waals surface area contributed by atoms with Gasteiger partial charge in [0.05, 0.1) is 23.9 Å². The molecular formula is C12H15NO2. The number of rotatable bonds is 2. The monoisotopic (exact) mass is 205 g/mol. The average Bonchev–Trinajstić information content (AvgIpc) is 2.87. The molecule has 0 aliphatic carbocycles. The van der Waals surface area contributed by atoms with E-state index in [0.717, 1.165) is 31.2 Å². The van der Waals surface area contributed by atoms with Gasteiger partial charge < -0.3 is 9.30 Å². The predicted octanol–water partition coefficient (Wildman–Crippen LogP) is 2.18. The van der Waals surface area contributed by atoms with Crippen molar-refractivity contribution in [3.63, 3.8) is 0 Å². The van der Waals surface area contributed by atoms with Gasteiger partial charge in [0.1, 0.15) is 0 Å². The van der Waals surface area contributed by atoms with Crippen LogP contribution < -0.4 is 0 Å². The number of fused-ring (bicyclic) bond motifs is 2. The molecule has 3 atom stereocenters. The second-order valence-corrected chi connectivity index (χ2v) is 4.48. The molecule has 2 fully saturated rings. The molecule has 3 rings (SSSR count). The van der Waals surface area contributed by atoms with Gasteiger partial charge in [-0.1, -0.05) is 0 Å². The smallest absolute Gasteiger partial charge is 0.166 e. The summed E-state index contributed by atoms with van der Waals surface area (Å²) in [6.07, 6.45) is 8.36. The summed E-state index contributed by atoms with van der Waals surface area (Å²) in [6.45, 7) is 0. The Labute approximate surface area is 89.0 Å². The lowest BCUT2D eigenvalue weighted by molar-refractivity contribution is -0.0271. The lowest BCUT2D eigenvalue weighted by atomic mass is 10.0. The van der Waals surface area contributed by atoms with E-state index in [9.17, 15) is 4.79 Å². The second kappa shape index (κ2) is 3.49. The summed E-state index contributed by atoms with van der Waals surface area (Å²) < 4.78 is 7.98. The maximum absolute atomic E-state index is 10.9. The summed E-state index contributed by atoms with van der Waals surface area (Å²) in [4.78, 5) is 10.9. The molecular weight excluding hydrogens is 190 g/mol. The van der Waals surface area contributed by atoms with Crippen molar-refractivity contribution in [2.75, 3.05) is 0 Å². The van der Waals surface area contributed by atoms with Crippen molar-refractivity contribution < 1.29 is 9.53 Å². The molecule has 2 bridgehead atoms. The molecule has 2 saturated heterocycles. The fourth-order valence-corrected chi connectivity index (χ4v) is 2.90. The number of hydrogen-bond acceptors (Lipinski definition) is 2.